The molecule has 0 bridgehead atoms. The molecule has 0 saturated carbocycles. The zero-order valence-electron chi connectivity index (χ0n) is 16.6. The van der Waals surface area contributed by atoms with Crippen LogP contribution in [0.2, 0.25) is 5.02 Å². The summed E-state index contributed by atoms with van der Waals surface area (Å²) in [4.78, 5) is 13.8. The second-order valence-electron chi connectivity index (χ2n) is 7.51. The highest BCUT2D eigenvalue weighted by molar-refractivity contribution is 6.31. The summed E-state index contributed by atoms with van der Waals surface area (Å²) in [5.41, 5.74) is 3.48. The number of pyridine rings is 2. The Kier molecular flexibility index (Phi) is 7.06. The Morgan fingerprint density at radius 3 is 2.79 bits per heavy atom. The van der Waals surface area contributed by atoms with E-state index in [1.165, 1.54) is 11.1 Å². The Bertz CT molecular complexity index is 915. The second kappa shape index (κ2) is 10.1. The minimum atomic E-state index is 0.748. The van der Waals surface area contributed by atoms with Gasteiger partial charge in [0.05, 0.1) is 18.7 Å². The lowest BCUT2D eigenvalue weighted by atomic mass is 10.1. The molecule has 0 aliphatic carbocycles. The van der Waals surface area contributed by atoms with Crippen molar-refractivity contribution in [2.45, 2.75) is 19.5 Å². The lowest BCUT2D eigenvalue weighted by Crippen LogP contribution is -2.38. The molecule has 1 saturated heterocycles. The smallest absolute Gasteiger partial charge is 0.0706 e. The van der Waals surface area contributed by atoms with Gasteiger partial charge in [0.1, 0.15) is 0 Å². The zero-order chi connectivity index (χ0) is 19.9. The van der Waals surface area contributed by atoms with Crippen molar-refractivity contribution < 1.29 is 4.74 Å². The maximum atomic E-state index is 6.26. The standard InChI is InChI=1S/C23H27ClN4O/c24-21-4-5-23-22(15-21)20(6-8-26-23)18-28(17-19-3-1-7-25-16-19)10-2-9-27-11-13-29-14-12-27/h1,3-8,15-16H,2,9-14,17-18H2. The van der Waals surface area contributed by atoms with E-state index in [0.717, 1.165) is 74.8 Å². The largest absolute Gasteiger partial charge is 0.379 e. The minimum absolute atomic E-state index is 0.748. The topological polar surface area (TPSA) is 41.5 Å². The van der Waals surface area contributed by atoms with Gasteiger partial charge in [0, 0.05) is 61.7 Å². The van der Waals surface area contributed by atoms with E-state index in [1.54, 1.807) is 0 Å². The molecule has 0 unspecified atom stereocenters. The van der Waals surface area contributed by atoms with Gasteiger partial charge in [0.2, 0.25) is 0 Å². The number of morpholine rings is 1. The molecule has 3 aromatic rings. The summed E-state index contributed by atoms with van der Waals surface area (Å²) >= 11 is 6.26. The third-order valence-corrected chi connectivity index (χ3v) is 5.60. The van der Waals surface area contributed by atoms with Gasteiger partial charge in [-0.3, -0.25) is 19.8 Å². The van der Waals surface area contributed by atoms with Crippen LogP contribution >= 0.6 is 11.6 Å². The van der Waals surface area contributed by atoms with E-state index in [9.17, 15) is 0 Å². The maximum Gasteiger partial charge on any atom is 0.0706 e. The van der Waals surface area contributed by atoms with Crippen LogP contribution in [0, 0.1) is 0 Å². The molecule has 0 N–H and O–H groups in total. The Morgan fingerprint density at radius 2 is 1.97 bits per heavy atom. The number of rotatable bonds is 8. The molecule has 0 atom stereocenters. The fourth-order valence-electron chi connectivity index (χ4n) is 3.86. The Hall–Kier alpha value is -2.05. The van der Waals surface area contributed by atoms with Crippen molar-refractivity contribution in [3.05, 3.63) is 71.1 Å². The summed E-state index contributed by atoms with van der Waals surface area (Å²) in [6.45, 7) is 7.64. The van der Waals surface area contributed by atoms with Crippen molar-refractivity contribution in [3.63, 3.8) is 0 Å². The molecule has 4 rings (SSSR count). The molecule has 1 aromatic carbocycles. The molecule has 3 heterocycles. The van der Waals surface area contributed by atoms with E-state index >= 15 is 0 Å². The number of halogens is 1. The summed E-state index contributed by atoms with van der Waals surface area (Å²) in [5, 5.41) is 1.88. The molecular weight excluding hydrogens is 384 g/mol. The molecule has 0 radical (unpaired) electrons. The molecule has 0 amide bonds. The summed E-state index contributed by atoms with van der Waals surface area (Å²) in [6, 6.07) is 12.2. The number of ether oxygens (including phenoxy) is 1. The van der Waals surface area contributed by atoms with Crippen LogP contribution in [0.5, 0.6) is 0 Å². The van der Waals surface area contributed by atoms with Gasteiger partial charge in [-0.1, -0.05) is 17.7 Å². The van der Waals surface area contributed by atoms with Crippen molar-refractivity contribution >= 4 is 22.5 Å². The molecule has 2 aromatic heterocycles. The Balaban J connectivity index is 1.48. The van der Waals surface area contributed by atoms with Crippen LogP contribution in [0.15, 0.2) is 55.0 Å². The third-order valence-electron chi connectivity index (χ3n) is 5.37. The van der Waals surface area contributed by atoms with Crippen LogP contribution < -0.4 is 0 Å². The van der Waals surface area contributed by atoms with Crippen molar-refractivity contribution in [1.29, 1.82) is 0 Å². The van der Waals surface area contributed by atoms with E-state index < -0.39 is 0 Å². The summed E-state index contributed by atoms with van der Waals surface area (Å²) < 4.78 is 5.46. The average Bonchev–Trinajstić information content (AvgIpc) is 2.75. The highest BCUT2D eigenvalue weighted by Gasteiger charge is 2.13. The van der Waals surface area contributed by atoms with Crippen molar-refractivity contribution in [1.82, 2.24) is 19.8 Å². The molecular formula is C23H27ClN4O. The number of hydrogen-bond acceptors (Lipinski definition) is 5. The molecule has 1 aliphatic rings. The fraction of sp³-hybridized carbons (Fsp3) is 0.391. The lowest BCUT2D eigenvalue weighted by Gasteiger charge is -2.28. The molecule has 0 spiro atoms. The molecule has 6 heteroatoms. The number of hydrogen-bond donors (Lipinski definition) is 0. The van der Waals surface area contributed by atoms with Gasteiger partial charge < -0.3 is 4.74 Å². The maximum absolute atomic E-state index is 6.26. The average molecular weight is 411 g/mol. The first-order chi connectivity index (χ1) is 14.3. The number of aromatic nitrogens is 2. The van der Waals surface area contributed by atoms with Crippen LogP contribution in [0.1, 0.15) is 17.5 Å². The number of benzene rings is 1. The Labute approximate surface area is 177 Å². The van der Waals surface area contributed by atoms with Gasteiger partial charge in [-0.15, -0.1) is 0 Å². The van der Waals surface area contributed by atoms with E-state index in [4.69, 9.17) is 16.3 Å². The predicted molar refractivity (Wildman–Crippen MR) is 117 cm³/mol. The molecule has 1 aliphatic heterocycles. The van der Waals surface area contributed by atoms with Gasteiger partial charge in [-0.25, -0.2) is 0 Å². The summed E-state index contributed by atoms with van der Waals surface area (Å²) in [7, 11) is 0. The number of nitrogens with zero attached hydrogens (tertiary/aromatic N) is 4. The van der Waals surface area contributed by atoms with E-state index in [0.29, 0.717) is 0 Å². The van der Waals surface area contributed by atoms with E-state index in [1.807, 2.05) is 42.9 Å². The first-order valence-electron chi connectivity index (χ1n) is 10.2. The van der Waals surface area contributed by atoms with E-state index in [2.05, 4.69) is 31.9 Å². The summed E-state index contributed by atoms with van der Waals surface area (Å²) in [5.74, 6) is 0. The molecule has 5 nitrogen and oxygen atoms in total. The van der Waals surface area contributed by atoms with Gasteiger partial charge >= 0.3 is 0 Å². The molecule has 152 valence electrons. The van der Waals surface area contributed by atoms with Crippen LogP contribution in [-0.4, -0.2) is 59.2 Å². The summed E-state index contributed by atoms with van der Waals surface area (Å²) in [6.07, 6.45) is 6.80. The van der Waals surface area contributed by atoms with Crippen LogP contribution in [0.4, 0.5) is 0 Å². The van der Waals surface area contributed by atoms with Gasteiger partial charge in [-0.2, -0.15) is 0 Å². The zero-order valence-corrected chi connectivity index (χ0v) is 17.4. The normalized spacial score (nSPS) is 15.2. The minimum Gasteiger partial charge on any atom is -0.379 e. The Morgan fingerprint density at radius 1 is 1.07 bits per heavy atom. The first-order valence-corrected chi connectivity index (χ1v) is 10.6. The predicted octanol–water partition coefficient (Wildman–Crippen LogP) is 4.01. The van der Waals surface area contributed by atoms with Gasteiger partial charge in [0.15, 0.2) is 0 Å². The SMILES string of the molecule is Clc1ccc2nccc(CN(CCCN3CCOCC3)Cc3cccnc3)c2c1. The number of fused-ring (bicyclic) bond motifs is 1. The fourth-order valence-corrected chi connectivity index (χ4v) is 4.03. The highest BCUT2D eigenvalue weighted by atomic mass is 35.5. The van der Waals surface area contributed by atoms with Crippen LogP contribution in [0.3, 0.4) is 0 Å². The van der Waals surface area contributed by atoms with Crippen molar-refractivity contribution in [2.24, 2.45) is 0 Å². The third kappa shape index (κ3) is 5.73. The highest BCUT2D eigenvalue weighted by Crippen LogP contribution is 2.23. The van der Waals surface area contributed by atoms with E-state index in [-0.39, 0.29) is 0 Å². The second-order valence-corrected chi connectivity index (χ2v) is 7.95. The van der Waals surface area contributed by atoms with Gasteiger partial charge in [-0.05, 0) is 54.4 Å². The van der Waals surface area contributed by atoms with Crippen LogP contribution in [0.25, 0.3) is 10.9 Å². The van der Waals surface area contributed by atoms with Gasteiger partial charge in [0.25, 0.3) is 0 Å². The lowest BCUT2D eigenvalue weighted by molar-refractivity contribution is 0.0359. The van der Waals surface area contributed by atoms with Crippen molar-refractivity contribution in [3.8, 4) is 0 Å². The molecule has 29 heavy (non-hydrogen) atoms. The molecule has 1 fully saturated rings. The quantitative estimate of drug-likeness (QED) is 0.561. The first kappa shape index (κ1) is 20.2. The monoisotopic (exact) mass is 410 g/mol. The van der Waals surface area contributed by atoms with Crippen molar-refractivity contribution in [2.75, 3.05) is 39.4 Å². The van der Waals surface area contributed by atoms with Crippen LogP contribution in [-0.2, 0) is 17.8 Å².